The Hall–Kier alpha value is -1.78. The first kappa shape index (κ1) is 20.0. The number of rotatable bonds is 4. The van der Waals surface area contributed by atoms with Crippen molar-refractivity contribution in [2.45, 2.75) is 33.1 Å². The average Bonchev–Trinajstić information content (AvgIpc) is 2.70. The number of piperazine rings is 1. The number of nitrogens with zero attached hydrogens (tertiary/aromatic N) is 2. The third kappa shape index (κ3) is 4.94. The Bertz CT molecular complexity index is 783. The van der Waals surface area contributed by atoms with Crippen LogP contribution in [0.25, 0.3) is 0 Å². The Morgan fingerprint density at radius 3 is 2.41 bits per heavy atom. The number of hydrogen-bond donors (Lipinski definition) is 1. The van der Waals surface area contributed by atoms with Crippen LogP contribution in [0, 0.1) is 6.92 Å². The summed E-state index contributed by atoms with van der Waals surface area (Å²) in [5.74, 6) is 0.592. The van der Waals surface area contributed by atoms with E-state index < -0.39 is 0 Å². The van der Waals surface area contributed by atoms with Gasteiger partial charge in [-0.15, -0.1) is 0 Å². The van der Waals surface area contributed by atoms with E-state index in [-0.39, 0.29) is 0 Å². The highest BCUT2D eigenvalue weighted by Gasteiger charge is 2.20. The van der Waals surface area contributed by atoms with Crippen LogP contribution in [-0.2, 0) is 0 Å². The first-order valence-corrected chi connectivity index (χ1v) is 10.4. The Morgan fingerprint density at radius 2 is 1.78 bits per heavy atom. The number of nitrogens with one attached hydrogen (secondary N) is 1. The molecule has 2 aromatic carbocycles. The van der Waals surface area contributed by atoms with Crippen molar-refractivity contribution in [3.63, 3.8) is 0 Å². The molecule has 1 heterocycles. The summed E-state index contributed by atoms with van der Waals surface area (Å²) in [5, 5.41) is 4.98. The van der Waals surface area contributed by atoms with Crippen LogP contribution in [0.4, 0.5) is 11.4 Å². The van der Waals surface area contributed by atoms with Crippen LogP contribution in [0.5, 0.6) is 0 Å². The zero-order chi connectivity index (χ0) is 19.4. The molecule has 0 saturated carbocycles. The van der Waals surface area contributed by atoms with Crippen molar-refractivity contribution in [3.05, 3.63) is 58.6 Å². The fourth-order valence-corrected chi connectivity index (χ4v) is 3.87. The Morgan fingerprint density at radius 1 is 1.11 bits per heavy atom. The maximum Gasteiger partial charge on any atom is 0.173 e. The van der Waals surface area contributed by atoms with Gasteiger partial charge in [0.1, 0.15) is 0 Å². The lowest BCUT2D eigenvalue weighted by Gasteiger charge is -2.38. The van der Waals surface area contributed by atoms with E-state index in [1.54, 1.807) is 0 Å². The summed E-state index contributed by atoms with van der Waals surface area (Å²) in [4.78, 5) is 4.63. The Balaban J connectivity index is 1.56. The van der Waals surface area contributed by atoms with Gasteiger partial charge in [-0.25, -0.2) is 0 Å². The predicted octanol–water partition coefficient (Wildman–Crippen LogP) is 5.68. The SMILES string of the molecule is CCC(C)c1ccc(NC(=S)N2CCN(c3cc(Cl)ccc3C)CC2)cc1. The molecule has 3 nitrogen and oxygen atoms in total. The molecule has 2 aromatic rings. The van der Waals surface area contributed by atoms with E-state index >= 15 is 0 Å². The fraction of sp³-hybridized carbons (Fsp3) is 0.409. The number of aryl methyl sites for hydroxylation is 1. The molecule has 3 rings (SSSR count). The second-order valence-corrected chi connectivity index (χ2v) is 8.09. The standard InChI is InChI=1S/C22H28ClN3S/c1-4-16(2)18-6-9-20(10-7-18)24-22(27)26-13-11-25(12-14-26)21-15-19(23)8-5-17(21)3/h5-10,15-16H,4,11-14H2,1-3H3,(H,24,27). The van der Waals surface area contributed by atoms with Crippen molar-refractivity contribution < 1.29 is 0 Å². The quantitative estimate of drug-likeness (QED) is 0.664. The third-order valence-electron chi connectivity index (χ3n) is 5.42. The van der Waals surface area contributed by atoms with E-state index in [1.165, 1.54) is 16.8 Å². The highest BCUT2D eigenvalue weighted by atomic mass is 35.5. The first-order chi connectivity index (χ1) is 13.0. The summed E-state index contributed by atoms with van der Waals surface area (Å²) in [6.45, 7) is 10.3. The van der Waals surface area contributed by atoms with E-state index in [0.717, 1.165) is 48.4 Å². The zero-order valence-electron chi connectivity index (χ0n) is 16.3. The molecule has 1 aliphatic heterocycles. The summed E-state index contributed by atoms with van der Waals surface area (Å²) in [5.41, 5.74) is 4.91. The summed E-state index contributed by atoms with van der Waals surface area (Å²) >= 11 is 11.8. The van der Waals surface area contributed by atoms with Gasteiger partial charge in [-0.05, 0) is 66.9 Å². The lowest BCUT2D eigenvalue weighted by Crippen LogP contribution is -2.50. The number of halogens is 1. The average molecular weight is 402 g/mol. The van der Waals surface area contributed by atoms with Crippen LogP contribution in [0.1, 0.15) is 37.3 Å². The molecule has 144 valence electrons. The van der Waals surface area contributed by atoms with Crippen LogP contribution in [-0.4, -0.2) is 36.2 Å². The molecule has 1 unspecified atom stereocenters. The van der Waals surface area contributed by atoms with E-state index in [2.05, 4.69) is 72.3 Å². The van der Waals surface area contributed by atoms with Crippen LogP contribution in [0.3, 0.4) is 0 Å². The fourth-order valence-electron chi connectivity index (χ4n) is 3.41. The van der Waals surface area contributed by atoms with Crippen molar-refractivity contribution >= 4 is 40.3 Å². The van der Waals surface area contributed by atoms with Gasteiger partial charge < -0.3 is 15.1 Å². The van der Waals surface area contributed by atoms with Gasteiger partial charge in [0.2, 0.25) is 0 Å². The molecule has 1 saturated heterocycles. The first-order valence-electron chi connectivity index (χ1n) is 9.65. The normalized spacial score (nSPS) is 15.6. The maximum atomic E-state index is 6.18. The van der Waals surface area contributed by atoms with Crippen molar-refractivity contribution in [3.8, 4) is 0 Å². The molecule has 0 amide bonds. The molecule has 0 aliphatic carbocycles. The number of benzene rings is 2. The van der Waals surface area contributed by atoms with E-state index in [1.807, 2.05) is 6.07 Å². The molecule has 5 heteroatoms. The topological polar surface area (TPSA) is 18.5 Å². The van der Waals surface area contributed by atoms with E-state index in [4.69, 9.17) is 23.8 Å². The van der Waals surface area contributed by atoms with E-state index in [9.17, 15) is 0 Å². The second-order valence-electron chi connectivity index (χ2n) is 7.27. The molecule has 1 fully saturated rings. The molecule has 1 N–H and O–H groups in total. The predicted molar refractivity (Wildman–Crippen MR) is 121 cm³/mol. The summed E-state index contributed by atoms with van der Waals surface area (Å²) < 4.78 is 0. The minimum absolute atomic E-state index is 0.592. The maximum absolute atomic E-state index is 6.18. The molecule has 1 aliphatic rings. The van der Waals surface area contributed by atoms with Crippen molar-refractivity contribution in [1.29, 1.82) is 0 Å². The monoisotopic (exact) mass is 401 g/mol. The Labute approximate surface area is 173 Å². The van der Waals surface area contributed by atoms with Crippen molar-refractivity contribution in [1.82, 2.24) is 4.90 Å². The van der Waals surface area contributed by atoms with Crippen LogP contribution < -0.4 is 10.2 Å². The number of hydrogen-bond acceptors (Lipinski definition) is 2. The second kappa shape index (κ2) is 8.94. The van der Waals surface area contributed by atoms with Crippen LogP contribution in [0.2, 0.25) is 5.02 Å². The third-order valence-corrected chi connectivity index (χ3v) is 6.02. The van der Waals surface area contributed by atoms with Gasteiger partial charge in [0, 0.05) is 42.6 Å². The molecule has 0 bridgehead atoms. The molecule has 0 radical (unpaired) electrons. The lowest BCUT2D eigenvalue weighted by molar-refractivity contribution is 0.390. The number of anilines is 2. The summed E-state index contributed by atoms with van der Waals surface area (Å²) in [6, 6.07) is 14.7. The summed E-state index contributed by atoms with van der Waals surface area (Å²) in [7, 11) is 0. The molecule has 0 spiro atoms. The van der Waals surface area contributed by atoms with Crippen LogP contribution >= 0.6 is 23.8 Å². The van der Waals surface area contributed by atoms with Gasteiger partial charge in [-0.2, -0.15) is 0 Å². The zero-order valence-corrected chi connectivity index (χ0v) is 17.9. The van der Waals surface area contributed by atoms with Crippen molar-refractivity contribution in [2.75, 3.05) is 36.4 Å². The Kier molecular flexibility index (Phi) is 6.61. The van der Waals surface area contributed by atoms with E-state index in [0.29, 0.717) is 5.92 Å². The minimum atomic E-state index is 0.592. The molecule has 1 atom stereocenters. The van der Waals surface area contributed by atoms with Gasteiger partial charge in [-0.1, -0.05) is 43.6 Å². The highest BCUT2D eigenvalue weighted by molar-refractivity contribution is 7.80. The highest BCUT2D eigenvalue weighted by Crippen LogP contribution is 2.25. The van der Waals surface area contributed by atoms with Gasteiger partial charge in [0.05, 0.1) is 0 Å². The van der Waals surface area contributed by atoms with Crippen molar-refractivity contribution in [2.24, 2.45) is 0 Å². The van der Waals surface area contributed by atoms with Gasteiger partial charge in [-0.3, -0.25) is 0 Å². The van der Waals surface area contributed by atoms with Gasteiger partial charge in [0.15, 0.2) is 5.11 Å². The largest absolute Gasteiger partial charge is 0.368 e. The minimum Gasteiger partial charge on any atom is -0.368 e. The van der Waals surface area contributed by atoms with Crippen LogP contribution in [0.15, 0.2) is 42.5 Å². The smallest absolute Gasteiger partial charge is 0.173 e. The summed E-state index contributed by atoms with van der Waals surface area (Å²) in [6.07, 6.45) is 1.15. The molecular weight excluding hydrogens is 374 g/mol. The van der Waals surface area contributed by atoms with Gasteiger partial charge in [0.25, 0.3) is 0 Å². The molecule has 27 heavy (non-hydrogen) atoms. The van der Waals surface area contributed by atoms with Gasteiger partial charge >= 0.3 is 0 Å². The molecular formula is C22H28ClN3S. The number of thiocarbonyl (C=S) groups is 1. The molecule has 0 aromatic heterocycles. The lowest BCUT2D eigenvalue weighted by atomic mass is 9.99.